The maximum absolute atomic E-state index is 12.2. The third kappa shape index (κ3) is 5.70. The van der Waals surface area contributed by atoms with E-state index in [1.165, 1.54) is 0 Å². The minimum absolute atomic E-state index is 0.0633. The summed E-state index contributed by atoms with van der Waals surface area (Å²) in [7, 11) is 0. The molecule has 3 heterocycles. The van der Waals surface area contributed by atoms with E-state index in [2.05, 4.69) is 34.6 Å². The summed E-state index contributed by atoms with van der Waals surface area (Å²) in [6.07, 6.45) is -7.48. The summed E-state index contributed by atoms with van der Waals surface area (Å²) in [4.78, 5) is 0. The molecule has 0 aromatic carbocycles. The number of aliphatic hydroxyl groups is 9. The Labute approximate surface area is 324 Å². The lowest BCUT2D eigenvalue weighted by atomic mass is 9.41. The van der Waals surface area contributed by atoms with E-state index in [1.54, 1.807) is 13.8 Å². The zero-order valence-corrected chi connectivity index (χ0v) is 33.6. The monoisotopic (exact) mass is 784 g/mol. The molecule has 9 N–H and O–H groups in total. The second-order valence-electron chi connectivity index (χ2n) is 21.1. The van der Waals surface area contributed by atoms with Crippen LogP contribution in [0.15, 0.2) is 0 Å². The number of hydrogen-bond acceptors (Lipinski definition) is 14. The molecule has 0 radical (unpaired) electrons. The standard InChI is InChI=1S/C41H68O14/c1-35(2)24(54-33-29(48)26(45)20(44)17-51-33)9-11-41-18-40(41)13-12-37(5)31(39(7)10-8-25(55-39)36(3,4)50)19(43)15-38(37,6)23(40)14-21(32(35)41)52-34-30(49)28(47)27(46)22(16-42)53-34/h19-34,42-50H,8-18H2,1-7H3/t19-,20+,21-,22+,23+,24-,25-,26-,27+,28-,29+,30+,31-,32+,33-,34+,37+,38-,39+,40-,41+/m0/s1. The first-order valence-corrected chi connectivity index (χ1v) is 20.9. The summed E-state index contributed by atoms with van der Waals surface area (Å²) in [5.41, 5.74) is -3.16. The van der Waals surface area contributed by atoms with Gasteiger partial charge < -0.3 is 69.6 Å². The van der Waals surface area contributed by atoms with E-state index in [0.717, 1.165) is 32.1 Å². The molecule has 8 fully saturated rings. The molecule has 14 heteroatoms. The molecule has 0 aromatic rings. The Kier molecular flexibility index (Phi) is 9.90. The molecule has 3 aliphatic heterocycles. The fourth-order valence-electron chi connectivity index (χ4n) is 14.9. The van der Waals surface area contributed by atoms with Crippen LogP contribution in [0.25, 0.3) is 0 Å². The van der Waals surface area contributed by atoms with Crippen molar-refractivity contribution in [3.05, 3.63) is 0 Å². The minimum Gasteiger partial charge on any atom is -0.394 e. The molecule has 21 atom stereocenters. The van der Waals surface area contributed by atoms with Gasteiger partial charge in [-0.15, -0.1) is 0 Å². The predicted molar refractivity (Wildman–Crippen MR) is 194 cm³/mol. The van der Waals surface area contributed by atoms with Crippen LogP contribution in [0.4, 0.5) is 0 Å². The first-order chi connectivity index (χ1) is 25.5. The van der Waals surface area contributed by atoms with Crippen LogP contribution < -0.4 is 0 Å². The van der Waals surface area contributed by atoms with Crippen LogP contribution in [0.3, 0.4) is 0 Å². The summed E-state index contributed by atoms with van der Waals surface area (Å²) in [6, 6.07) is 0. The Bertz CT molecular complexity index is 1460. The quantitative estimate of drug-likeness (QED) is 0.162. The van der Waals surface area contributed by atoms with Gasteiger partial charge in [0.05, 0.1) is 48.8 Å². The minimum atomic E-state index is -1.60. The normalized spacial score (nSPS) is 58.7. The van der Waals surface area contributed by atoms with Gasteiger partial charge >= 0.3 is 0 Å². The number of rotatable bonds is 7. The van der Waals surface area contributed by atoms with Crippen LogP contribution in [0.1, 0.15) is 106 Å². The summed E-state index contributed by atoms with van der Waals surface area (Å²) < 4.78 is 31.9. The van der Waals surface area contributed by atoms with Crippen LogP contribution in [-0.2, 0) is 23.7 Å². The van der Waals surface area contributed by atoms with Crippen molar-refractivity contribution >= 4 is 0 Å². The van der Waals surface area contributed by atoms with E-state index < -0.39 is 96.8 Å². The average molecular weight is 785 g/mol. The summed E-state index contributed by atoms with van der Waals surface area (Å²) in [5, 5.41) is 97.2. The van der Waals surface area contributed by atoms with Crippen molar-refractivity contribution in [1.29, 1.82) is 0 Å². The van der Waals surface area contributed by atoms with Gasteiger partial charge in [-0.3, -0.25) is 0 Å². The van der Waals surface area contributed by atoms with Crippen LogP contribution in [0.2, 0.25) is 0 Å². The Morgan fingerprint density at radius 3 is 2.05 bits per heavy atom. The Hall–Kier alpha value is -0.560. The Morgan fingerprint density at radius 1 is 0.709 bits per heavy atom. The van der Waals surface area contributed by atoms with Crippen LogP contribution in [0, 0.1) is 44.8 Å². The van der Waals surface area contributed by atoms with Crippen LogP contribution >= 0.6 is 0 Å². The number of aliphatic hydroxyl groups excluding tert-OH is 8. The van der Waals surface area contributed by atoms with Gasteiger partial charge in [-0.25, -0.2) is 0 Å². The van der Waals surface area contributed by atoms with Gasteiger partial charge in [0.1, 0.15) is 42.7 Å². The topological polar surface area (TPSA) is 228 Å². The molecule has 5 aliphatic carbocycles. The summed E-state index contributed by atoms with van der Waals surface area (Å²) >= 11 is 0. The van der Waals surface area contributed by atoms with Crippen molar-refractivity contribution in [1.82, 2.24) is 0 Å². The van der Waals surface area contributed by atoms with Gasteiger partial charge in [0.2, 0.25) is 0 Å². The zero-order chi connectivity index (χ0) is 40.1. The molecule has 2 spiro atoms. The molecular formula is C41H68O14. The number of fused-ring (bicyclic) bond motifs is 2. The van der Waals surface area contributed by atoms with E-state index in [4.69, 9.17) is 23.7 Å². The highest BCUT2D eigenvalue weighted by atomic mass is 16.7. The summed E-state index contributed by atoms with van der Waals surface area (Å²) in [5.74, 6) is -0.215. The van der Waals surface area contributed by atoms with E-state index in [9.17, 15) is 46.0 Å². The number of ether oxygens (including phenoxy) is 5. The van der Waals surface area contributed by atoms with E-state index >= 15 is 0 Å². The van der Waals surface area contributed by atoms with Crippen molar-refractivity contribution in [2.45, 2.75) is 197 Å². The molecule has 0 bridgehead atoms. The van der Waals surface area contributed by atoms with Crippen molar-refractivity contribution in [3.8, 4) is 0 Å². The Morgan fingerprint density at radius 2 is 1.40 bits per heavy atom. The zero-order valence-electron chi connectivity index (χ0n) is 33.6. The van der Waals surface area contributed by atoms with Gasteiger partial charge in [-0.2, -0.15) is 0 Å². The van der Waals surface area contributed by atoms with Crippen LogP contribution in [0.5, 0.6) is 0 Å². The SMILES string of the molecule is CC(C)(O)[C@@H]1CC[C@](C)([C@H]2[C@@H](O)C[C@@]3(C)[C@H]4C[C@H](O[C@@H]5O[C@H](CO)[C@@H](O)[C@H](O)[C@H]5O)[C@@H]5C(C)(C)[C@@H](O[C@@H]6OC[C@@H](O)[C@H](O)[C@H]6O)CC[C@@]56C[C@@]46CC[C@]23C)O1. The third-order valence-electron chi connectivity index (χ3n) is 17.6. The molecule has 8 aliphatic rings. The van der Waals surface area contributed by atoms with E-state index in [0.29, 0.717) is 25.7 Å². The van der Waals surface area contributed by atoms with Crippen molar-refractivity contribution in [3.63, 3.8) is 0 Å². The smallest absolute Gasteiger partial charge is 0.186 e. The Balaban J connectivity index is 1.15. The molecule has 316 valence electrons. The molecule has 0 aromatic heterocycles. The summed E-state index contributed by atoms with van der Waals surface area (Å²) in [6.45, 7) is 13.8. The fraction of sp³-hybridized carbons (Fsp3) is 1.00. The molecule has 5 saturated carbocycles. The van der Waals surface area contributed by atoms with E-state index in [-0.39, 0.29) is 52.1 Å². The van der Waals surface area contributed by atoms with Gasteiger partial charge in [0, 0.05) is 5.92 Å². The molecule has 8 rings (SSSR count). The second kappa shape index (κ2) is 13.2. The molecule has 3 saturated heterocycles. The maximum atomic E-state index is 12.2. The first kappa shape index (κ1) is 41.2. The largest absolute Gasteiger partial charge is 0.394 e. The van der Waals surface area contributed by atoms with E-state index in [1.807, 2.05) is 0 Å². The maximum Gasteiger partial charge on any atom is 0.186 e. The van der Waals surface area contributed by atoms with Crippen molar-refractivity contribution in [2.75, 3.05) is 13.2 Å². The van der Waals surface area contributed by atoms with Crippen molar-refractivity contribution in [2.24, 2.45) is 44.8 Å². The molecule has 14 nitrogen and oxygen atoms in total. The van der Waals surface area contributed by atoms with Gasteiger partial charge in [-0.1, -0.05) is 27.7 Å². The highest BCUT2D eigenvalue weighted by Crippen LogP contribution is 2.89. The molecule has 0 unspecified atom stereocenters. The van der Waals surface area contributed by atoms with Crippen LogP contribution in [-0.4, -0.2) is 150 Å². The number of hydrogen-bond donors (Lipinski definition) is 9. The average Bonchev–Trinajstić information content (AvgIpc) is 3.47. The second-order valence-corrected chi connectivity index (χ2v) is 21.1. The highest BCUT2D eigenvalue weighted by molar-refractivity contribution is 5.33. The lowest BCUT2D eigenvalue weighted by Gasteiger charge is -2.65. The molecule has 0 amide bonds. The molecular weight excluding hydrogens is 716 g/mol. The first-order valence-electron chi connectivity index (χ1n) is 20.9. The van der Waals surface area contributed by atoms with Gasteiger partial charge in [0.25, 0.3) is 0 Å². The lowest BCUT2D eigenvalue weighted by Crippen LogP contribution is -2.65. The highest BCUT2D eigenvalue weighted by Gasteiger charge is 2.85. The predicted octanol–water partition coefficient (Wildman–Crippen LogP) is 0.724. The molecule has 55 heavy (non-hydrogen) atoms. The van der Waals surface area contributed by atoms with Gasteiger partial charge in [-0.05, 0) is 117 Å². The van der Waals surface area contributed by atoms with Crippen molar-refractivity contribution < 1.29 is 69.6 Å². The third-order valence-corrected chi connectivity index (χ3v) is 17.6. The fourth-order valence-corrected chi connectivity index (χ4v) is 14.9. The van der Waals surface area contributed by atoms with Gasteiger partial charge in [0.15, 0.2) is 12.6 Å². The lowest BCUT2D eigenvalue weighted by molar-refractivity contribution is -0.339.